The number of sulfone groups is 1. The molecule has 2 rings (SSSR count). The highest BCUT2D eigenvalue weighted by Gasteiger charge is 2.29. The summed E-state index contributed by atoms with van der Waals surface area (Å²) in [5, 5.41) is 10.0. The Morgan fingerprint density at radius 2 is 1.60 bits per heavy atom. The van der Waals surface area contributed by atoms with E-state index in [1.807, 2.05) is 13.8 Å². The molecule has 0 aliphatic rings. The SMILES string of the molecule is CCc1nn(CCNC(=O)OC(C)(C)C)c(CC)c1S(=O)(=O)c1ccc(NC(=O)C(C)(C)C)cc1. The molecule has 1 heterocycles. The van der Waals surface area contributed by atoms with Gasteiger partial charge in [0.25, 0.3) is 0 Å². The lowest BCUT2D eigenvalue weighted by molar-refractivity contribution is -0.123. The summed E-state index contributed by atoms with van der Waals surface area (Å²) in [6.45, 7) is 15.0. The van der Waals surface area contributed by atoms with Crippen LogP contribution in [0.3, 0.4) is 0 Å². The molecule has 9 nitrogen and oxygen atoms in total. The fourth-order valence-corrected chi connectivity index (χ4v) is 5.12. The minimum atomic E-state index is -3.85. The van der Waals surface area contributed by atoms with Gasteiger partial charge in [-0.15, -0.1) is 0 Å². The molecule has 0 saturated heterocycles. The minimum Gasteiger partial charge on any atom is -0.444 e. The van der Waals surface area contributed by atoms with Gasteiger partial charge >= 0.3 is 6.09 Å². The van der Waals surface area contributed by atoms with Crippen LogP contribution >= 0.6 is 0 Å². The van der Waals surface area contributed by atoms with Crippen LogP contribution in [0.4, 0.5) is 10.5 Å². The number of aromatic nitrogens is 2. The van der Waals surface area contributed by atoms with Crippen LogP contribution < -0.4 is 10.6 Å². The fraction of sp³-hybridized carbons (Fsp3) is 0.560. The van der Waals surface area contributed by atoms with Crippen molar-refractivity contribution in [1.29, 1.82) is 0 Å². The lowest BCUT2D eigenvalue weighted by Gasteiger charge is -2.19. The lowest BCUT2D eigenvalue weighted by Crippen LogP contribution is -2.34. The average molecular weight is 507 g/mol. The second kappa shape index (κ2) is 10.8. The van der Waals surface area contributed by atoms with Crippen LogP contribution in [0.25, 0.3) is 0 Å². The predicted octanol–water partition coefficient (Wildman–Crippen LogP) is 4.35. The van der Waals surface area contributed by atoms with Crippen LogP contribution in [-0.4, -0.2) is 42.3 Å². The number of alkyl carbamates (subject to hydrolysis) is 1. The summed E-state index contributed by atoms with van der Waals surface area (Å²) in [5.41, 5.74) is 0.414. The Balaban J connectivity index is 2.29. The van der Waals surface area contributed by atoms with Crippen molar-refractivity contribution in [2.45, 2.75) is 90.2 Å². The summed E-state index contributed by atoms with van der Waals surface area (Å²) in [6.07, 6.45) is 0.353. The number of benzene rings is 1. The number of ether oxygens (including phenoxy) is 1. The van der Waals surface area contributed by atoms with Crippen molar-refractivity contribution in [2.75, 3.05) is 11.9 Å². The van der Waals surface area contributed by atoms with Crippen molar-refractivity contribution in [1.82, 2.24) is 15.1 Å². The molecule has 194 valence electrons. The number of hydrogen-bond acceptors (Lipinski definition) is 6. The zero-order valence-corrected chi connectivity index (χ0v) is 22.8. The molecule has 0 aliphatic carbocycles. The molecular formula is C25H38N4O5S. The maximum atomic E-state index is 13.6. The molecule has 35 heavy (non-hydrogen) atoms. The summed E-state index contributed by atoms with van der Waals surface area (Å²) in [6, 6.07) is 6.16. The van der Waals surface area contributed by atoms with Crippen LogP contribution in [0.1, 0.15) is 66.8 Å². The molecular weight excluding hydrogens is 468 g/mol. The van der Waals surface area contributed by atoms with E-state index in [4.69, 9.17) is 4.74 Å². The lowest BCUT2D eigenvalue weighted by atomic mass is 9.95. The topological polar surface area (TPSA) is 119 Å². The Morgan fingerprint density at radius 3 is 2.09 bits per heavy atom. The van der Waals surface area contributed by atoms with Gasteiger partial charge in [0.15, 0.2) is 0 Å². The molecule has 1 aromatic carbocycles. The highest BCUT2D eigenvalue weighted by molar-refractivity contribution is 7.91. The van der Waals surface area contributed by atoms with E-state index in [0.717, 1.165) is 0 Å². The molecule has 10 heteroatoms. The van der Waals surface area contributed by atoms with Gasteiger partial charge in [-0.3, -0.25) is 9.48 Å². The highest BCUT2D eigenvalue weighted by Crippen LogP contribution is 2.29. The van der Waals surface area contributed by atoms with E-state index >= 15 is 0 Å². The predicted molar refractivity (Wildman–Crippen MR) is 135 cm³/mol. The molecule has 0 fully saturated rings. The zero-order valence-electron chi connectivity index (χ0n) is 22.0. The molecule has 0 radical (unpaired) electrons. The number of hydrogen-bond donors (Lipinski definition) is 2. The first kappa shape index (κ1) is 28.4. The zero-order chi connectivity index (χ0) is 26.6. The van der Waals surface area contributed by atoms with Crippen molar-refractivity contribution in [3.05, 3.63) is 35.7 Å². The summed E-state index contributed by atoms with van der Waals surface area (Å²) in [7, 11) is -3.85. The van der Waals surface area contributed by atoms with Gasteiger partial charge in [-0.1, -0.05) is 34.6 Å². The normalized spacial score (nSPS) is 12.3. The molecule has 2 N–H and O–H groups in total. The van der Waals surface area contributed by atoms with E-state index in [2.05, 4.69) is 15.7 Å². The minimum absolute atomic E-state index is 0.127. The second-order valence-electron chi connectivity index (χ2n) is 10.3. The molecule has 2 amide bonds. The van der Waals surface area contributed by atoms with Crippen LogP contribution in [0.15, 0.2) is 34.1 Å². The monoisotopic (exact) mass is 506 g/mol. The molecule has 1 aromatic heterocycles. The van der Waals surface area contributed by atoms with E-state index in [-0.39, 0.29) is 22.2 Å². The largest absolute Gasteiger partial charge is 0.444 e. The third-order valence-corrected chi connectivity index (χ3v) is 7.01. The summed E-state index contributed by atoms with van der Waals surface area (Å²) in [5.74, 6) is -0.157. The van der Waals surface area contributed by atoms with Crippen LogP contribution in [0.2, 0.25) is 0 Å². The number of carbonyl (C=O) groups excluding carboxylic acids is 2. The van der Waals surface area contributed by atoms with Crippen molar-refractivity contribution < 1.29 is 22.7 Å². The van der Waals surface area contributed by atoms with Crippen molar-refractivity contribution in [3.8, 4) is 0 Å². The number of nitrogens with one attached hydrogen (secondary N) is 2. The third kappa shape index (κ3) is 7.30. The van der Waals surface area contributed by atoms with Gasteiger partial charge in [0.2, 0.25) is 15.7 Å². The number of rotatable bonds is 8. The van der Waals surface area contributed by atoms with Crippen molar-refractivity contribution >= 4 is 27.5 Å². The third-order valence-electron chi connectivity index (χ3n) is 5.11. The van der Waals surface area contributed by atoms with Gasteiger partial charge in [0.1, 0.15) is 10.5 Å². The molecule has 2 aromatic rings. The average Bonchev–Trinajstić information content (AvgIpc) is 3.10. The van der Waals surface area contributed by atoms with E-state index in [0.29, 0.717) is 36.5 Å². The second-order valence-corrected chi connectivity index (χ2v) is 12.2. The van der Waals surface area contributed by atoms with Crippen molar-refractivity contribution in [3.63, 3.8) is 0 Å². The Hall–Kier alpha value is -2.88. The highest BCUT2D eigenvalue weighted by atomic mass is 32.2. The first-order valence-corrected chi connectivity index (χ1v) is 13.3. The number of aryl methyl sites for hydroxylation is 1. The standard InChI is InChI=1S/C25H38N4O5S/c1-9-19-21(20(10-2)29(28-19)16-15-26-23(31)34-25(6,7)8)35(32,33)18-13-11-17(12-14-18)27-22(30)24(3,4)5/h11-14H,9-10,15-16H2,1-8H3,(H,26,31)(H,27,30). The number of anilines is 1. The maximum Gasteiger partial charge on any atom is 0.407 e. The summed E-state index contributed by atoms with van der Waals surface area (Å²) in [4.78, 5) is 24.5. The Bertz CT molecular complexity index is 1150. The molecule has 0 unspecified atom stereocenters. The molecule has 0 saturated carbocycles. The van der Waals surface area contributed by atoms with Crippen LogP contribution in [0, 0.1) is 5.41 Å². The smallest absolute Gasteiger partial charge is 0.407 e. The quantitative estimate of drug-likeness (QED) is 0.549. The molecule has 0 bridgehead atoms. The van der Waals surface area contributed by atoms with Gasteiger partial charge in [-0.05, 0) is 57.9 Å². The van der Waals surface area contributed by atoms with Gasteiger partial charge < -0.3 is 15.4 Å². The van der Waals surface area contributed by atoms with Gasteiger partial charge in [-0.25, -0.2) is 13.2 Å². The number of carbonyl (C=O) groups is 2. The van der Waals surface area contributed by atoms with Crippen molar-refractivity contribution in [2.24, 2.45) is 5.41 Å². The summed E-state index contributed by atoms with van der Waals surface area (Å²) >= 11 is 0. The Labute approximate surface area is 208 Å². The van der Waals surface area contributed by atoms with E-state index in [9.17, 15) is 18.0 Å². The fourth-order valence-electron chi connectivity index (χ4n) is 3.34. The molecule has 0 spiro atoms. The first-order valence-electron chi connectivity index (χ1n) is 11.8. The van der Waals surface area contributed by atoms with Crippen LogP contribution in [-0.2, 0) is 38.8 Å². The van der Waals surface area contributed by atoms with Gasteiger partial charge in [0.05, 0.1) is 22.8 Å². The van der Waals surface area contributed by atoms with Gasteiger partial charge in [0, 0.05) is 17.6 Å². The van der Waals surface area contributed by atoms with E-state index in [1.165, 1.54) is 12.1 Å². The van der Waals surface area contributed by atoms with E-state index < -0.39 is 26.9 Å². The maximum absolute atomic E-state index is 13.6. The number of nitrogens with zero attached hydrogens (tertiary/aromatic N) is 2. The molecule has 0 aliphatic heterocycles. The van der Waals surface area contributed by atoms with E-state index in [1.54, 1.807) is 58.4 Å². The first-order chi connectivity index (χ1) is 16.1. The number of amides is 2. The van der Waals surface area contributed by atoms with Crippen LogP contribution in [0.5, 0.6) is 0 Å². The summed E-state index contributed by atoms with van der Waals surface area (Å²) < 4.78 is 34.1. The molecule has 0 atom stereocenters. The Kier molecular flexibility index (Phi) is 8.75. The van der Waals surface area contributed by atoms with Gasteiger partial charge in [-0.2, -0.15) is 5.10 Å². The Morgan fingerprint density at radius 1 is 1.00 bits per heavy atom.